The molecule has 0 unspecified atom stereocenters. The molecular formula is C23H17FN6OS. The highest BCUT2D eigenvalue weighted by molar-refractivity contribution is 7.98. The maximum atomic E-state index is 13.5. The minimum absolute atomic E-state index is 0.312. The van der Waals surface area contributed by atoms with Crippen molar-refractivity contribution in [3.05, 3.63) is 90.3 Å². The number of hydrogen-bond acceptors (Lipinski definition) is 7. The van der Waals surface area contributed by atoms with E-state index < -0.39 is 0 Å². The number of halogens is 1. The number of nitrogens with zero attached hydrogens (tertiary/aromatic N) is 6. The van der Waals surface area contributed by atoms with E-state index in [9.17, 15) is 4.39 Å². The second kappa shape index (κ2) is 8.72. The van der Waals surface area contributed by atoms with Crippen LogP contribution in [0, 0.1) is 12.7 Å². The fourth-order valence-electron chi connectivity index (χ4n) is 3.13. The second-order valence-corrected chi connectivity index (χ2v) is 7.97. The highest BCUT2D eigenvalue weighted by Crippen LogP contribution is 2.29. The second-order valence-electron chi connectivity index (χ2n) is 7.03. The van der Waals surface area contributed by atoms with Crippen LogP contribution in [0.15, 0.2) is 82.7 Å². The van der Waals surface area contributed by atoms with Gasteiger partial charge in [0.15, 0.2) is 11.0 Å². The number of thioether (sulfide) groups is 1. The van der Waals surface area contributed by atoms with Crippen LogP contribution in [0.3, 0.4) is 0 Å². The summed E-state index contributed by atoms with van der Waals surface area (Å²) >= 11 is 1.40. The van der Waals surface area contributed by atoms with E-state index in [0.717, 1.165) is 22.4 Å². The molecule has 0 amide bonds. The van der Waals surface area contributed by atoms with Gasteiger partial charge in [0.05, 0.1) is 5.75 Å². The fourth-order valence-corrected chi connectivity index (χ4v) is 3.92. The van der Waals surface area contributed by atoms with Gasteiger partial charge in [-0.3, -0.25) is 9.55 Å². The van der Waals surface area contributed by atoms with Crippen LogP contribution in [0.4, 0.5) is 4.39 Å². The van der Waals surface area contributed by atoms with E-state index in [1.165, 1.54) is 23.9 Å². The maximum absolute atomic E-state index is 13.5. The van der Waals surface area contributed by atoms with E-state index in [2.05, 4.69) is 25.3 Å². The van der Waals surface area contributed by atoms with Crippen molar-refractivity contribution < 1.29 is 8.91 Å². The van der Waals surface area contributed by atoms with Crippen LogP contribution in [0.1, 0.15) is 11.5 Å². The lowest BCUT2D eigenvalue weighted by Gasteiger charge is -2.09. The zero-order valence-corrected chi connectivity index (χ0v) is 17.8. The molecule has 2 aromatic carbocycles. The standard InChI is InChI=1S/C23H17FN6OS/c1-15-4-6-16(7-5-15)21-26-20(31-29-21)14-32-23-28-27-22(17-3-2-12-25-13-17)30(23)19-10-8-18(24)9-11-19/h2-13H,14H2,1H3. The van der Waals surface area contributed by atoms with Gasteiger partial charge in [-0.15, -0.1) is 10.2 Å². The molecule has 0 spiro atoms. The van der Waals surface area contributed by atoms with Gasteiger partial charge in [-0.25, -0.2) is 4.39 Å². The Morgan fingerprint density at radius 1 is 0.969 bits per heavy atom. The van der Waals surface area contributed by atoms with Crippen LogP contribution in [0.2, 0.25) is 0 Å². The fraction of sp³-hybridized carbons (Fsp3) is 0.0870. The van der Waals surface area contributed by atoms with Crippen LogP contribution < -0.4 is 0 Å². The Bertz CT molecular complexity index is 1330. The van der Waals surface area contributed by atoms with Crippen LogP contribution in [0.5, 0.6) is 0 Å². The molecule has 3 heterocycles. The van der Waals surface area contributed by atoms with Gasteiger partial charge in [0.25, 0.3) is 0 Å². The molecule has 5 aromatic rings. The third kappa shape index (κ3) is 4.15. The smallest absolute Gasteiger partial charge is 0.237 e. The van der Waals surface area contributed by atoms with Gasteiger partial charge in [0.2, 0.25) is 11.7 Å². The predicted octanol–water partition coefficient (Wildman–Crippen LogP) is 5.12. The minimum Gasteiger partial charge on any atom is -0.338 e. The molecule has 0 N–H and O–H groups in total. The molecule has 0 atom stereocenters. The van der Waals surface area contributed by atoms with Crippen molar-refractivity contribution >= 4 is 11.8 Å². The van der Waals surface area contributed by atoms with E-state index in [-0.39, 0.29) is 5.82 Å². The van der Waals surface area contributed by atoms with Gasteiger partial charge >= 0.3 is 0 Å². The van der Waals surface area contributed by atoms with E-state index in [4.69, 9.17) is 4.52 Å². The molecular weight excluding hydrogens is 427 g/mol. The summed E-state index contributed by atoms with van der Waals surface area (Å²) in [6.45, 7) is 2.03. The molecule has 9 heteroatoms. The molecule has 32 heavy (non-hydrogen) atoms. The lowest BCUT2D eigenvalue weighted by Crippen LogP contribution is -2.00. The summed E-state index contributed by atoms with van der Waals surface area (Å²) in [5, 5.41) is 13.4. The summed E-state index contributed by atoms with van der Waals surface area (Å²) in [5.41, 5.74) is 3.60. The van der Waals surface area contributed by atoms with Crippen LogP contribution >= 0.6 is 11.8 Å². The third-order valence-corrected chi connectivity index (χ3v) is 5.65. The number of pyridine rings is 1. The number of aryl methyl sites for hydroxylation is 1. The molecule has 0 bridgehead atoms. The lowest BCUT2D eigenvalue weighted by molar-refractivity contribution is 0.391. The lowest BCUT2D eigenvalue weighted by atomic mass is 10.1. The molecule has 0 aliphatic heterocycles. The van der Waals surface area contributed by atoms with Crippen molar-refractivity contribution in [2.24, 2.45) is 0 Å². The summed E-state index contributed by atoms with van der Waals surface area (Å²) in [6, 6.07) is 17.8. The highest BCUT2D eigenvalue weighted by atomic mass is 32.2. The van der Waals surface area contributed by atoms with Gasteiger partial charge in [-0.1, -0.05) is 46.7 Å². The predicted molar refractivity (Wildman–Crippen MR) is 119 cm³/mol. The monoisotopic (exact) mass is 444 g/mol. The van der Waals surface area contributed by atoms with Crippen molar-refractivity contribution in [2.75, 3.05) is 0 Å². The molecule has 0 aliphatic rings. The molecule has 0 radical (unpaired) electrons. The van der Waals surface area contributed by atoms with Crippen molar-refractivity contribution in [2.45, 2.75) is 17.8 Å². The van der Waals surface area contributed by atoms with E-state index in [1.54, 1.807) is 24.5 Å². The molecule has 0 aliphatic carbocycles. The molecule has 5 rings (SSSR count). The number of aromatic nitrogens is 6. The first-order chi connectivity index (χ1) is 15.7. The highest BCUT2D eigenvalue weighted by Gasteiger charge is 2.18. The quantitative estimate of drug-likeness (QED) is 0.336. The Labute approximate surface area is 187 Å². The minimum atomic E-state index is -0.312. The van der Waals surface area contributed by atoms with Gasteiger partial charge in [0, 0.05) is 29.2 Å². The first-order valence-corrected chi connectivity index (χ1v) is 10.8. The Kier molecular flexibility index (Phi) is 5.47. The van der Waals surface area contributed by atoms with Gasteiger partial charge < -0.3 is 4.52 Å². The number of benzene rings is 2. The topological polar surface area (TPSA) is 82.5 Å². The van der Waals surface area contributed by atoms with Crippen LogP contribution in [-0.4, -0.2) is 29.9 Å². The molecule has 3 aromatic heterocycles. The molecule has 7 nitrogen and oxygen atoms in total. The van der Waals surface area contributed by atoms with E-state index >= 15 is 0 Å². The van der Waals surface area contributed by atoms with Crippen molar-refractivity contribution in [3.63, 3.8) is 0 Å². The Balaban J connectivity index is 1.43. The van der Waals surface area contributed by atoms with Crippen LogP contribution in [-0.2, 0) is 5.75 Å². The Hall–Kier alpha value is -3.85. The van der Waals surface area contributed by atoms with Crippen molar-refractivity contribution in [1.29, 1.82) is 0 Å². The van der Waals surface area contributed by atoms with E-state index in [0.29, 0.717) is 28.4 Å². The summed E-state index contributed by atoms with van der Waals surface area (Å²) in [7, 11) is 0. The maximum Gasteiger partial charge on any atom is 0.237 e. The summed E-state index contributed by atoms with van der Waals surface area (Å²) in [5.74, 6) is 1.72. The summed E-state index contributed by atoms with van der Waals surface area (Å²) < 4.78 is 20.8. The summed E-state index contributed by atoms with van der Waals surface area (Å²) in [6.07, 6.45) is 3.41. The third-order valence-electron chi connectivity index (χ3n) is 4.74. The molecule has 0 fully saturated rings. The first kappa shape index (κ1) is 20.1. The zero-order valence-electron chi connectivity index (χ0n) is 17.0. The van der Waals surface area contributed by atoms with Gasteiger partial charge in [0.1, 0.15) is 5.82 Å². The van der Waals surface area contributed by atoms with Crippen LogP contribution in [0.25, 0.3) is 28.5 Å². The Morgan fingerprint density at radius 3 is 2.53 bits per heavy atom. The zero-order chi connectivity index (χ0) is 21.9. The average Bonchev–Trinajstić information content (AvgIpc) is 3.47. The van der Waals surface area contributed by atoms with E-state index in [1.807, 2.05) is 47.9 Å². The molecule has 0 saturated heterocycles. The average molecular weight is 444 g/mol. The largest absolute Gasteiger partial charge is 0.338 e. The SMILES string of the molecule is Cc1ccc(-c2noc(CSc3nnc(-c4cccnc4)n3-c3ccc(F)cc3)n2)cc1. The summed E-state index contributed by atoms with van der Waals surface area (Å²) in [4.78, 5) is 8.66. The molecule has 158 valence electrons. The van der Waals surface area contributed by atoms with Crippen molar-refractivity contribution in [1.82, 2.24) is 29.9 Å². The Morgan fingerprint density at radius 2 is 1.78 bits per heavy atom. The normalized spacial score (nSPS) is 11.1. The van der Waals surface area contributed by atoms with Gasteiger partial charge in [-0.2, -0.15) is 4.98 Å². The van der Waals surface area contributed by atoms with Crippen molar-refractivity contribution in [3.8, 4) is 28.5 Å². The van der Waals surface area contributed by atoms with Gasteiger partial charge in [-0.05, 0) is 43.3 Å². The molecule has 0 saturated carbocycles. The first-order valence-electron chi connectivity index (χ1n) is 9.81. The number of rotatable bonds is 6. The number of hydrogen-bond donors (Lipinski definition) is 0.